The highest BCUT2D eigenvalue weighted by molar-refractivity contribution is 6.67. The average Bonchev–Trinajstić information content (AvgIpc) is 2.93. The maximum Gasteiger partial charge on any atom is 0.267 e. The van der Waals surface area contributed by atoms with E-state index in [0.29, 0.717) is 11.1 Å². The van der Waals surface area contributed by atoms with Crippen molar-refractivity contribution in [1.29, 1.82) is 5.26 Å². The molecule has 1 aliphatic rings. The van der Waals surface area contributed by atoms with Crippen molar-refractivity contribution in [1.82, 2.24) is 15.0 Å². The normalized spacial score (nSPS) is 16.3. The molecule has 0 unspecified atom stereocenters. The molecule has 3 aromatic rings. The molecule has 3 heterocycles. The number of hydrogen-bond donors (Lipinski definition) is 1. The van der Waals surface area contributed by atoms with Gasteiger partial charge in [0, 0.05) is 16.9 Å². The number of aromatic amines is 1. The molecule has 108 valence electrons. The smallest absolute Gasteiger partial charge is 0.267 e. The first-order valence-corrected chi connectivity index (χ1v) is 7.95. The van der Waals surface area contributed by atoms with Crippen LogP contribution in [-0.4, -0.2) is 21.7 Å². The van der Waals surface area contributed by atoms with Crippen molar-refractivity contribution < 1.29 is 0 Å². The number of rotatable bonds is 1. The number of nitriles is 1. The van der Waals surface area contributed by atoms with Gasteiger partial charge in [-0.1, -0.05) is 49.2 Å². The first kappa shape index (κ1) is 13.6. The zero-order chi connectivity index (χ0) is 15.1. The maximum absolute atomic E-state index is 9.02. The molecule has 0 amide bonds. The molecule has 0 radical (unpaired) electrons. The van der Waals surface area contributed by atoms with E-state index in [0.717, 1.165) is 47.4 Å². The van der Waals surface area contributed by atoms with E-state index in [4.69, 9.17) is 16.9 Å². The molecular formula is C16H14BClN4. The lowest BCUT2D eigenvalue weighted by Crippen LogP contribution is -2.18. The standard InChI is InChI=1S/C16H14BClN4/c18-15-14-12-2-1-11(10-3-5-17(8-19)6-4-10)7-13(12)22-16(14)21-9-20-15/h1-2,7,9-10H,3-6H2,(H,20,21,22). The predicted molar refractivity (Wildman–Crippen MR) is 89.4 cm³/mol. The Morgan fingerprint density at radius 1 is 1.27 bits per heavy atom. The van der Waals surface area contributed by atoms with Crippen molar-refractivity contribution in [3.05, 3.63) is 35.2 Å². The molecule has 1 fully saturated rings. The Balaban J connectivity index is 1.74. The van der Waals surface area contributed by atoms with E-state index in [9.17, 15) is 0 Å². The molecule has 0 aliphatic carbocycles. The van der Waals surface area contributed by atoms with Crippen LogP contribution in [0.1, 0.15) is 24.3 Å². The summed E-state index contributed by atoms with van der Waals surface area (Å²) in [6.45, 7) is 0.238. The van der Waals surface area contributed by atoms with Crippen LogP contribution >= 0.6 is 11.6 Å². The number of nitrogens with zero attached hydrogens (tertiary/aromatic N) is 3. The Labute approximate surface area is 133 Å². The van der Waals surface area contributed by atoms with Crippen molar-refractivity contribution in [3.63, 3.8) is 0 Å². The third-order valence-corrected chi connectivity index (χ3v) is 5.03. The second kappa shape index (κ2) is 5.29. The van der Waals surface area contributed by atoms with Crippen LogP contribution in [0.15, 0.2) is 24.5 Å². The SMILES string of the molecule is N#CB1CCC(c2ccc3c(c2)[nH]c2ncnc(Cl)c23)CC1. The molecule has 6 heteroatoms. The van der Waals surface area contributed by atoms with E-state index in [2.05, 4.69) is 39.1 Å². The Hall–Kier alpha value is -2.06. The van der Waals surface area contributed by atoms with Crippen LogP contribution in [0.2, 0.25) is 17.8 Å². The second-order valence-electron chi connectivity index (χ2n) is 6.00. The van der Waals surface area contributed by atoms with Gasteiger partial charge in [0.15, 0.2) is 0 Å². The Bertz CT molecular complexity index is 890. The molecule has 2 aromatic heterocycles. The van der Waals surface area contributed by atoms with Crippen molar-refractivity contribution in [2.24, 2.45) is 0 Å². The quantitative estimate of drug-likeness (QED) is 0.541. The molecule has 0 atom stereocenters. The lowest BCUT2D eigenvalue weighted by atomic mass is 9.41. The summed E-state index contributed by atoms with van der Waals surface area (Å²) >= 11 is 6.20. The monoisotopic (exact) mass is 308 g/mol. The van der Waals surface area contributed by atoms with Gasteiger partial charge in [-0.3, -0.25) is 0 Å². The van der Waals surface area contributed by atoms with Gasteiger partial charge in [-0.15, -0.1) is 0 Å². The maximum atomic E-state index is 9.02. The van der Waals surface area contributed by atoms with Crippen molar-refractivity contribution in [2.45, 2.75) is 31.4 Å². The molecule has 1 aliphatic heterocycles. The number of nitrogens with one attached hydrogen (secondary N) is 1. The number of benzene rings is 1. The summed E-state index contributed by atoms with van der Waals surface area (Å²) < 4.78 is 0. The summed E-state index contributed by atoms with van der Waals surface area (Å²) in [5.41, 5.74) is 3.16. The van der Waals surface area contributed by atoms with E-state index in [1.807, 2.05) is 0 Å². The first-order valence-electron chi connectivity index (χ1n) is 7.57. The number of aromatic nitrogens is 3. The Morgan fingerprint density at radius 3 is 2.86 bits per heavy atom. The average molecular weight is 309 g/mol. The van der Waals surface area contributed by atoms with Gasteiger partial charge in [0.25, 0.3) is 6.71 Å². The van der Waals surface area contributed by atoms with Crippen LogP contribution in [0.3, 0.4) is 0 Å². The minimum absolute atomic E-state index is 0.238. The third kappa shape index (κ3) is 2.15. The topological polar surface area (TPSA) is 65.4 Å². The molecule has 4 nitrogen and oxygen atoms in total. The molecule has 4 rings (SSSR count). The van der Waals surface area contributed by atoms with Crippen LogP contribution in [-0.2, 0) is 0 Å². The summed E-state index contributed by atoms with van der Waals surface area (Å²) in [6.07, 6.45) is 5.66. The minimum atomic E-state index is 0.238. The molecule has 1 saturated heterocycles. The van der Waals surface area contributed by atoms with Gasteiger partial charge >= 0.3 is 0 Å². The van der Waals surface area contributed by atoms with Crippen molar-refractivity contribution in [2.75, 3.05) is 0 Å². The lowest BCUT2D eigenvalue weighted by Gasteiger charge is -2.23. The fourth-order valence-electron chi connectivity index (χ4n) is 3.52. The predicted octanol–water partition coefficient (Wildman–Crippen LogP) is 4.20. The molecule has 0 saturated carbocycles. The molecule has 0 bridgehead atoms. The number of fused-ring (bicyclic) bond motifs is 3. The van der Waals surface area contributed by atoms with E-state index in [-0.39, 0.29) is 6.71 Å². The molecule has 1 aromatic carbocycles. The number of H-pyrrole nitrogens is 1. The molecular weight excluding hydrogens is 294 g/mol. The van der Waals surface area contributed by atoms with Gasteiger partial charge < -0.3 is 4.98 Å². The number of halogens is 1. The van der Waals surface area contributed by atoms with E-state index >= 15 is 0 Å². The van der Waals surface area contributed by atoms with E-state index in [1.54, 1.807) is 0 Å². The summed E-state index contributed by atoms with van der Waals surface area (Å²) in [4.78, 5) is 11.6. The largest absolute Gasteiger partial charge is 0.339 e. The fraction of sp³-hybridized carbons (Fsp3) is 0.312. The number of hydrogen-bond acceptors (Lipinski definition) is 3. The van der Waals surface area contributed by atoms with Crippen LogP contribution in [0, 0.1) is 11.2 Å². The fourth-order valence-corrected chi connectivity index (χ4v) is 3.75. The lowest BCUT2D eigenvalue weighted by molar-refractivity contribution is 0.612. The van der Waals surface area contributed by atoms with Gasteiger partial charge in [0.2, 0.25) is 0 Å². The highest BCUT2D eigenvalue weighted by atomic mass is 35.5. The van der Waals surface area contributed by atoms with Crippen LogP contribution in [0.25, 0.3) is 21.9 Å². The van der Waals surface area contributed by atoms with Crippen molar-refractivity contribution in [3.8, 4) is 5.97 Å². The molecule has 0 spiro atoms. The van der Waals surface area contributed by atoms with Crippen LogP contribution in [0.4, 0.5) is 0 Å². The van der Waals surface area contributed by atoms with Gasteiger partial charge in [0.1, 0.15) is 17.1 Å². The van der Waals surface area contributed by atoms with Gasteiger partial charge in [-0.05, 0) is 17.5 Å². The summed E-state index contributed by atoms with van der Waals surface area (Å²) in [5, 5.41) is 11.5. The highest BCUT2D eigenvalue weighted by Crippen LogP contribution is 2.36. The van der Waals surface area contributed by atoms with Crippen LogP contribution < -0.4 is 0 Å². The summed E-state index contributed by atoms with van der Waals surface area (Å²) in [5.74, 6) is 2.94. The summed E-state index contributed by atoms with van der Waals surface area (Å²) in [7, 11) is 0. The molecule has 22 heavy (non-hydrogen) atoms. The Kier molecular flexibility index (Phi) is 3.27. The molecule has 1 N–H and O–H groups in total. The Morgan fingerprint density at radius 2 is 2.09 bits per heavy atom. The van der Waals surface area contributed by atoms with E-state index < -0.39 is 0 Å². The zero-order valence-corrected chi connectivity index (χ0v) is 12.8. The van der Waals surface area contributed by atoms with Gasteiger partial charge in [-0.2, -0.15) is 0 Å². The van der Waals surface area contributed by atoms with E-state index in [1.165, 1.54) is 11.9 Å². The zero-order valence-electron chi connectivity index (χ0n) is 12.0. The second-order valence-corrected chi connectivity index (χ2v) is 6.35. The van der Waals surface area contributed by atoms with Crippen molar-refractivity contribution >= 4 is 40.3 Å². The third-order valence-electron chi connectivity index (χ3n) is 4.75. The first-order chi connectivity index (χ1) is 10.8. The summed E-state index contributed by atoms with van der Waals surface area (Å²) in [6, 6.07) is 6.48. The van der Waals surface area contributed by atoms with Gasteiger partial charge in [0.05, 0.1) is 5.39 Å². The minimum Gasteiger partial charge on any atom is -0.339 e. The highest BCUT2D eigenvalue weighted by Gasteiger charge is 2.25. The van der Waals surface area contributed by atoms with Crippen LogP contribution in [0.5, 0.6) is 0 Å². The van der Waals surface area contributed by atoms with Gasteiger partial charge in [-0.25, -0.2) is 15.2 Å².